The number of allylic oxidation sites excluding steroid dienone is 1. The van der Waals surface area contributed by atoms with Gasteiger partial charge < -0.3 is 37.3 Å². The molecule has 3 amide bonds. The van der Waals surface area contributed by atoms with Gasteiger partial charge in [0.05, 0.1) is 33.8 Å². The zero-order valence-corrected chi connectivity index (χ0v) is 41.3. The van der Waals surface area contributed by atoms with Gasteiger partial charge in [-0.1, -0.05) is 86.6 Å². The molecule has 4 aromatic carbocycles. The highest BCUT2D eigenvalue weighted by Gasteiger charge is 2.44. The van der Waals surface area contributed by atoms with E-state index in [0.29, 0.717) is 39.1 Å². The number of fused-ring (bicyclic) bond motifs is 2. The quantitative estimate of drug-likeness (QED) is 0.0482. The maximum atomic E-state index is 14.7. The zero-order chi connectivity index (χ0) is 53.9. The van der Waals surface area contributed by atoms with Gasteiger partial charge in [0.2, 0.25) is 11.9 Å². The number of nitrogen functional groups attached to an aromatic ring is 1. The van der Waals surface area contributed by atoms with Crippen LogP contribution in [0.15, 0.2) is 122 Å². The third-order valence-electron chi connectivity index (χ3n) is 12.9. The Kier molecular flexibility index (Phi) is 17.7. The molecule has 3 aromatic heterocycles. The number of nitrogens with one attached hydrogen (secondary N) is 6. The van der Waals surface area contributed by atoms with Crippen LogP contribution in [0.25, 0.3) is 27.7 Å². The number of halogens is 9. The van der Waals surface area contributed by atoms with E-state index >= 15 is 0 Å². The molecule has 3 heterocycles. The molecule has 10 rings (SSSR count). The van der Waals surface area contributed by atoms with Crippen LogP contribution in [-0.2, 0) is 11.2 Å². The van der Waals surface area contributed by atoms with Gasteiger partial charge in [-0.25, -0.2) is 37.5 Å². The average molecular weight is 1120 g/mol. The number of aromatic nitrogens is 5. The van der Waals surface area contributed by atoms with Crippen LogP contribution in [0, 0.1) is 0 Å². The fraction of sp³-hybridized carbons (Fsp3) is 0.291. The Bertz CT molecular complexity index is 3320. The molecule has 0 aliphatic heterocycles. The van der Waals surface area contributed by atoms with Crippen molar-refractivity contribution in [3.8, 4) is 11.3 Å². The second-order valence-electron chi connectivity index (χ2n) is 18.7. The van der Waals surface area contributed by atoms with Crippen LogP contribution in [-0.4, -0.2) is 84.8 Å². The monoisotopic (exact) mass is 1120 g/mol. The Hall–Kier alpha value is -7.78. The van der Waals surface area contributed by atoms with E-state index in [9.17, 15) is 45.1 Å². The molecular weight excluding hydrogens is 1070 g/mol. The van der Waals surface area contributed by atoms with E-state index in [0.717, 1.165) is 51.7 Å². The van der Waals surface area contributed by atoms with Crippen LogP contribution in [0.2, 0.25) is 10.0 Å². The lowest BCUT2D eigenvalue weighted by Crippen LogP contribution is -2.48. The van der Waals surface area contributed by atoms with Crippen molar-refractivity contribution in [1.29, 1.82) is 0 Å². The van der Waals surface area contributed by atoms with Crippen molar-refractivity contribution in [3.05, 3.63) is 160 Å². The highest BCUT2D eigenvalue weighted by Crippen LogP contribution is 2.39. The number of amides is 3. The average Bonchev–Trinajstić information content (AvgIpc) is 4.04. The first-order valence-corrected chi connectivity index (χ1v) is 24.6. The molecule has 0 bridgehead atoms. The van der Waals surface area contributed by atoms with E-state index in [2.05, 4.69) is 46.2 Å². The summed E-state index contributed by atoms with van der Waals surface area (Å²) in [5.74, 6) is -8.99. The summed E-state index contributed by atoms with van der Waals surface area (Å²) in [7, 11) is 0. The Balaban J connectivity index is 0.000000223. The van der Waals surface area contributed by atoms with E-state index in [1.165, 1.54) is 24.5 Å². The summed E-state index contributed by atoms with van der Waals surface area (Å²) in [6, 6.07) is 23.4. The van der Waals surface area contributed by atoms with Gasteiger partial charge in [-0.3, -0.25) is 14.4 Å². The number of para-hydroxylation sites is 1. The molecule has 23 heteroatoms. The minimum absolute atomic E-state index is 0. The molecule has 7 aromatic rings. The summed E-state index contributed by atoms with van der Waals surface area (Å²) in [5, 5.41) is 14.6. The number of H-pyrrole nitrogens is 1. The molecule has 0 saturated heterocycles. The van der Waals surface area contributed by atoms with Crippen LogP contribution in [0.3, 0.4) is 0 Å². The van der Waals surface area contributed by atoms with Crippen molar-refractivity contribution in [3.63, 3.8) is 0 Å². The van der Waals surface area contributed by atoms with Gasteiger partial charge in [-0.2, -0.15) is 13.2 Å². The summed E-state index contributed by atoms with van der Waals surface area (Å²) in [5.41, 5.74) is 12.0. The molecule has 8 N–H and O–H groups in total. The second-order valence-corrected chi connectivity index (χ2v) is 19.5. The molecular formula is C55H54Cl2F7N11O3. The Morgan fingerprint density at radius 1 is 0.641 bits per heavy atom. The number of alkyl halides is 7. The first-order chi connectivity index (χ1) is 36.1. The molecule has 410 valence electrons. The summed E-state index contributed by atoms with van der Waals surface area (Å²) < 4.78 is 95.9. The predicted octanol–water partition coefficient (Wildman–Crippen LogP) is 12.5. The lowest BCUT2D eigenvalue weighted by molar-refractivity contribution is -0.167. The number of nitrogens with two attached hydrogens (primary N) is 1. The molecule has 4 unspecified atom stereocenters. The van der Waals surface area contributed by atoms with Crippen LogP contribution in [0.4, 0.5) is 54.0 Å². The van der Waals surface area contributed by atoms with E-state index in [1.54, 1.807) is 35.8 Å². The lowest BCUT2D eigenvalue weighted by atomic mass is 9.87. The maximum Gasteiger partial charge on any atom is 0.471 e. The van der Waals surface area contributed by atoms with E-state index < -0.39 is 85.6 Å². The summed E-state index contributed by atoms with van der Waals surface area (Å²) in [6.07, 6.45) is 0.847. The van der Waals surface area contributed by atoms with E-state index in [-0.39, 0.29) is 44.4 Å². The molecule has 0 radical (unpaired) electrons. The first kappa shape index (κ1) is 57.9. The number of rotatable bonds is 11. The van der Waals surface area contributed by atoms with Crippen molar-refractivity contribution in [2.75, 3.05) is 21.7 Å². The number of aromatic amines is 1. The van der Waals surface area contributed by atoms with Crippen molar-refractivity contribution < 1.29 is 45.1 Å². The number of anilines is 4. The van der Waals surface area contributed by atoms with Crippen LogP contribution >= 0.6 is 23.2 Å². The number of carbonyl (C=O) groups excluding carboxylic acids is 3. The Labute approximate surface area is 454 Å². The van der Waals surface area contributed by atoms with E-state index in [4.69, 9.17) is 28.9 Å². The summed E-state index contributed by atoms with van der Waals surface area (Å²) >= 11 is 12.8. The normalized spacial score (nSPS) is 19.0. The van der Waals surface area contributed by atoms with Gasteiger partial charge in [0.25, 0.3) is 23.7 Å². The predicted molar refractivity (Wildman–Crippen MR) is 289 cm³/mol. The number of carbonyl (C=O) groups is 3. The minimum Gasteiger partial charge on any atom is -0.399 e. The van der Waals surface area contributed by atoms with Gasteiger partial charge >= 0.3 is 12.1 Å². The first-order valence-electron chi connectivity index (χ1n) is 23.8. The van der Waals surface area contributed by atoms with Crippen molar-refractivity contribution in [2.45, 2.75) is 102 Å². The largest absolute Gasteiger partial charge is 0.471 e. The number of hydrogen-bond acceptors (Lipinski definition) is 10. The smallest absolute Gasteiger partial charge is 0.399 e. The molecule has 4 atom stereocenters. The fourth-order valence-electron chi connectivity index (χ4n) is 9.54. The molecule has 2 saturated carbocycles. The van der Waals surface area contributed by atoms with Gasteiger partial charge in [0.1, 0.15) is 0 Å². The molecule has 3 aliphatic carbocycles. The number of hydrogen-bond donors (Lipinski definition) is 7. The van der Waals surface area contributed by atoms with Crippen LogP contribution in [0.1, 0.15) is 90.9 Å². The third-order valence-corrected chi connectivity index (χ3v) is 13.5. The minimum atomic E-state index is -5.06. The topological polar surface area (TPSA) is 205 Å². The van der Waals surface area contributed by atoms with Crippen LogP contribution in [0.5, 0.6) is 0 Å². The molecule has 2 fully saturated rings. The molecule has 3 aliphatic rings. The highest BCUT2D eigenvalue weighted by atomic mass is 35.5. The maximum absolute atomic E-state index is 14.7. The van der Waals surface area contributed by atoms with Crippen molar-refractivity contribution >= 4 is 80.7 Å². The Morgan fingerprint density at radius 3 is 1.72 bits per heavy atom. The number of benzene rings is 4. The lowest BCUT2D eigenvalue weighted by Gasteiger charge is -2.35. The third kappa shape index (κ3) is 14.0. The molecule has 14 nitrogen and oxygen atoms in total. The van der Waals surface area contributed by atoms with Crippen molar-refractivity contribution in [2.24, 2.45) is 0 Å². The van der Waals surface area contributed by atoms with Gasteiger partial charge in [0, 0.05) is 101 Å². The molecule has 78 heavy (non-hydrogen) atoms. The zero-order valence-electron chi connectivity index (χ0n) is 39.8. The van der Waals surface area contributed by atoms with E-state index in [1.807, 2.05) is 54.6 Å². The summed E-state index contributed by atoms with van der Waals surface area (Å²) in [6.45, 7) is 0. The number of nitrogens with zero attached hydrogens (tertiary/aromatic N) is 4. The standard InChI is InChI=1S/C28H23ClF5N5O2.C25H23ClF2N6O.2CH4/c29-22-14-35-26(39-23(22)21-10-7-15-3-1-2-4-20(15)21)38-19-11-18(12-27(30,31)13-19)36-24(40)16-5-8-17(9-6-16)37-25(41)28(32,33)34;26-20-13-31-24(34-22(20)19-12-30-21-4-2-1-3-18(19)21)33-17-9-16(10-25(27,28)11-17)32-23(35)14-5-7-15(29)8-6-14;;/h1-6,8-10,14,18-19H,7,11-13H2,(H,36,40)(H,37,41)(H,35,38,39);1-8,12-13,16-17,30H,9-11,29H2,(H,32,35)(H,31,33,34);2*1H4. The Morgan fingerprint density at radius 2 is 1.14 bits per heavy atom. The second kappa shape index (κ2) is 23.9. The highest BCUT2D eigenvalue weighted by molar-refractivity contribution is 6.33. The van der Waals surface area contributed by atoms with Gasteiger partial charge in [-0.05, 0) is 85.0 Å². The van der Waals surface area contributed by atoms with Crippen molar-refractivity contribution in [1.82, 2.24) is 35.6 Å². The SMILES string of the molecule is C.C.Nc1ccc(C(=O)NC2CC(Nc3ncc(Cl)c(-c4c[nH]c5ccccc45)n3)CC(F)(F)C2)cc1.O=C(NC1CC(Nc2ncc(Cl)c(C3=CCc4ccccc43)n2)CC(F)(F)C1)c1ccc(NC(=O)C(F)(F)F)cc1. The molecule has 0 spiro atoms. The fourth-order valence-corrected chi connectivity index (χ4v) is 9.92. The van der Waals surface area contributed by atoms with Gasteiger partial charge in [0.15, 0.2) is 0 Å². The summed E-state index contributed by atoms with van der Waals surface area (Å²) in [4.78, 5) is 57.0. The van der Waals surface area contributed by atoms with Crippen LogP contribution < -0.4 is 32.3 Å². The van der Waals surface area contributed by atoms with Gasteiger partial charge in [-0.15, -0.1) is 0 Å².